The van der Waals surface area contributed by atoms with Crippen molar-refractivity contribution in [2.24, 2.45) is 0 Å². The van der Waals surface area contributed by atoms with E-state index in [9.17, 15) is 4.57 Å². The first-order chi connectivity index (χ1) is 15.4. The van der Waals surface area contributed by atoms with Crippen molar-refractivity contribution in [3.8, 4) is 6.01 Å². The summed E-state index contributed by atoms with van der Waals surface area (Å²) in [6.07, 6.45) is 2.13. The van der Waals surface area contributed by atoms with Crippen molar-refractivity contribution in [3.63, 3.8) is 0 Å². The van der Waals surface area contributed by atoms with Gasteiger partial charge < -0.3 is 19.5 Å². The van der Waals surface area contributed by atoms with Crippen molar-refractivity contribution in [2.75, 3.05) is 25.6 Å². The van der Waals surface area contributed by atoms with Gasteiger partial charge >= 0.3 is 13.6 Å². The molecule has 0 saturated heterocycles. The van der Waals surface area contributed by atoms with Crippen LogP contribution in [0.5, 0.6) is 6.01 Å². The number of fused-ring (bicyclic) bond motifs is 1. The van der Waals surface area contributed by atoms with Gasteiger partial charge in [-0.1, -0.05) is 37.6 Å². The first-order valence-corrected chi connectivity index (χ1v) is 13.2. The number of anilines is 1. The van der Waals surface area contributed by atoms with E-state index in [-0.39, 0.29) is 18.0 Å². The maximum absolute atomic E-state index is 12.9. The van der Waals surface area contributed by atoms with Gasteiger partial charge in [0.05, 0.1) is 32.5 Å². The quantitative estimate of drug-likeness (QED) is 0.196. The lowest BCUT2D eigenvalue weighted by atomic mass is 10.1. The van der Waals surface area contributed by atoms with Crippen molar-refractivity contribution in [1.29, 1.82) is 0 Å². The Kier molecular flexibility index (Phi) is 8.64. The number of ether oxygens (including phenoxy) is 1. The minimum Gasteiger partial charge on any atom is -0.463 e. The Morgan fingerprint density at radius 2 is 1.81 bits per heavy atom. The first kappa shape index (κ1) is 24.6. The number of benzene rings is 1. The van der Waals surface area contributed by atoms with Gasteiger partial charge in [0, 0.05) is 0 Å². The maximum atomic E-state index is 12.9. The number of nitrogens with two attached hydrogens (primary N) is 1. The van der Waals surface area contributed by atoms with Crippen LogP contribution in [-0.2, 0) is 26.3 Å². The van der Waals surface area contributed by atoms with Gasteiger partial charge in [0.25, 0.3) is 0 Å². The van der Waals surface area contributed by atoms with E-state index < -0.39 is 7.60 Å². The van der Waals surface area contributed by atoms with Gasteiger partial charge in [-0.05, 0) is 47.3 Å². The number of halogens is 1. The highest BCUT2D eigenvalue weighted by Gasteiger charge is 2.24. The molecule has 0 aliphatic heterocycles. The van der Waals surface area contributed by atoms with E-state index >= 15 is 0 Å². The third kappa shape index (κ3) is 6.07. The normalized spacial score (nSPS) is 11.9. The van der Waals surface area contributed by atoms with Crippen LogP contribution < -0.4 is 10.5 Å². The van der Waals surface area contributed by atoms with Gasteiger partial charge in [-0.3, -0.25) is 9.13 Å². The Hall–Kier alpha value is -2.00. The number of nitrogen functional groups attached to an aromatic ring is 1. The molecule has 11 heteroatoms. The van der Waals surface area contributed by atoms with Crippen LogP contribution in [0, 0.1) is 0 Å². The van der Waals surface area contributed by atoms with Gasteiger partial charge in [-0.15, -0.1) is 0 Å². The number of unbranched alkanes of at least 4 members (excludes halogenated alkanes) is 1. The summed E-state index contributed by atoms with van der Waals surface area (Å²) in [5.74, 6) is 0.268. The van der Waals surface area contributed by atoms with Gasteiger partial charge in [0.15, 0.2) is 21.7 Å². The Morgan fingerprint density at radius 3 is 2.50 bits per heavy atom. The predicted molar refractivity (Wildman–Crippen MR) is 128 cm³/mol. The van der Waals surface area contributed by atoms with E-state index in [0.717, 1.165) is 24.0 Å². The smallest absolute Gasteiger partial charge is 0.335 e. The molecule has 1 aromatic carbocycles. The molecule has 0 atom stereocenters. The fraction of sp³-hybridized carbons (Fsp3) is 0.476. The second-order valence-corrected chi connectivity index (χ2v) is 9.92. The summed E-state index contributed by atoms with van der Waals surface area (Å²) >= 11 is 3.50. The predicted octanol–water partition coefficient (Wildman–Crippen LogP) is 5.16. The topological polar surface area (TPSA) is 114 Å². The number of rotatable bonds is 12. The minimum absolute atomic E-state index is 0.207. The summed E-state index contributed by atoms with van der Waals surface area (Å²) in [4.78, 5) is 13.2. The number of hydrogen-bond donors (Lipinski definition) is 1. The van der Waals surface area contributed by atoms with Crippen LogP contribution in [0.3, 0.4) is 0 Å². The minimum atomic E-state index is -3.19. The molecule has 0 aliphatic carbocycles. The summed E-state index contributed by atoms with van der Waals surface area (Å²) in [7, 11) is -3.19. The molecule has 174 valence electrons. The largest absolute Gasteiger partial charge is 0.463 e. The van der Waals surface area contributed by atoms with Crippen LogP contribution in [-0.4, -0.2) is 39.3 Å². The van der Waals surface area contributed by atoms with Crippen molar-refractivity contribution in [3.05, 3.63) is 40.1 Å². The molecule has 2 N–H and O–H groups in total. The number of aromatic nitrogens is 4. The monoisotopic (exact) mass is 525 g/mol. The van der Waals surface area contributed by atoms with E-state index in [2.05, 4.69) is 37.8 Å². The van der Waals surface area contributed by atoms with Crippen molar-refractivity contribution in [2.45, 2.75) is 46.3 Å². The van der Waals surface area contributed by atoms with Crippen molar-refractivity contribution < 1.29 is 18.3 Å². The highest BCUT2D eigenvalue weighted by molar-refractivity contribution is 9.10. The lowest BCUT2D eigenvalue weighted by Crippen LogP contribution is -2.06. The van der Waals surface area contributed by atoms with E-state index in [4.69, 9.17) is 19.5 Å². The van der Waals surface area contributed by atoms with E-state index in [1.807, 2.05) is 28.8 Å². The maximum Gasteiger partial charge on any atom is 0.335 e. The molecule has 32 heavy (non-hydrogen) atoms. The van der Waals surface area contributed by atoms with Gasteiger partial charge in [-0.2, -0.15) is 9.97 Å². The molecule has 3 aromatic rings. The van der Waals surface area contributed by atoms with E-state index in [0.29, 0.717) is 42.3 Å². The summed E-state index contributed by atoms with van der Waals surface area (Å²) in [6.45, 7) is 7.35. The summed E-state index contributed by atoms with van der Waals surface area (Å²) in [5, 5.41) is 0. The molecular weight excluding hydrogens is 497 g/mol. The van der Waals surface area contributed by atoms with Crippen LogP contribution in [0.2, 0.25) is 0 Å². The molecule has 0 aliphatic rings. The number of nitrogens with zero attached hydrogens (tertiary/aromatic N) is 4. The van der Waals surface area contributed by atoms with Gasteiger partial charge in [0.2, 0.25) is 0 Å². The Morgan fingerprint density at radius 1 is 1.09 bits per heavy atom. The molecule has 2 heterocycles. The second-order valence-electron chi connectivity index (χ2n) is 7.16. The highest BCUT2D eigenvalue weighted by Crippen LogP contribution is 2.51. The van der Waals surface area contributed by atoms with Crippen molar-refractivity contribution >= 4 is 40.5 Å². The fourth-order valence-electron chi connectivity index (χ4n) is 3.24. The second kappa shape index (κ2) is 11.2. The lowest BCUT2D eigenvalue weighted by molar-refractivity contribution is 0.219. The molecule has 0 bridgehead atoms. The highest BCUT2D eigenvalue weighted by atomic mass is 79.9. The lowest BCUT2D eigenvalue weighted by Gasteiger charge is -2.17. The molecular formula is C21H29BrN5O4P. The molecule has 0 spiro atoms. The van der Waals surface area contributed by atoms with E-state index in [1.165, 1.54) is 0 Å². The van der Waals surface area contributed by atoms with Crippen LogP contribution in [0.4, 0.5) is 5.82 Å². The summed E-state index contributed by atoms with van der Waals surface area (Å²) < 4.78 is 31.9. The van der Waals surface area contributed by atoms with Crippen molar-refractivity contribution in [1.82, 2.24) is 19.5 Å². The summed E-state index contributed by atoms with van der Waals surface area (Å²) in [6, 6.07) is 8.03. The zero-order valence-electron chi connectivity index (χ0n) is 18.6. The molecule has 0 amide bonds. The van der Waals surface area contributed by atoms with E-state index in [1.54, 1.807) is 13.8 Å². The zero-order valence-corrected chi connectivity index (χ0v) is 21.1. The summed E-state index contributed by atoms with van der Waals surface area (Å²) in [5.41, 5.74) is 9.03. The molecule has 0 unspecified atom stereocenters. The third-order valence-corrected chi connectivity index (χ3v) is 7.30. The van der Waals surface area contributed by atoms with Crippen LogP contribution in [0.15, 0.2) is 29.0 Å². The molecule has 3 rings (SSSR count). The average molecular weight is 526 g/mol. The number of hydrogen-bond acceptors (Lipinski definition) is 8. The molecule has 0 fully saturated rings. The molecule has 2 aromatic heterocycles. The molecule has 9 nitrogen and oxygen atoms in total. The van der Waals surface area contributed by atoms with Crippen LogP contribution in [0.1, 0.15) is 44.7 Å². The zero-order chi connectivity index (χ0) is 23.1. The Labute approximate surface area is 196 Å². The van der Waals surface area contributed by atoms with Gasteiger partial charge in [-0.25, -0.2) is 4.98 Å². The first-order valence-electron chi connectivity index (χ1n) is 10.7. The Balaban J connectivity index is 1.88. The fourth-order valence-corrected chi connectivity index (χ4v) is 5.40. The molecule has 0 radical (unpaired) electrons. The number of imidazole rings is 1. The van der Waals surface area contributed by atoms with Gasteiger partial charge in [0.1, 0.15) is 0 Å². The van der Waals surface area contributed by atoms with Crippen LogP contribution in [0.25, 0.3) is 11.2 Å². The standard InChI is InChI=1S/C21H29BrN5O4P/c1-4-7-11-29-21-25-18(23)17-19(26-21)27(20(22)24-17)13-15-9-8-10-16(12-15)14-32(28,30-5-2)31-6-3/h8-10,12H,4-7,11,13-14H2,1-3H3,(H2,23,25,26). The van der Waals surface area contributed by atoms with Crippen LogP contribution >= 0.6 is 23.5 Å². The molecule has 0 saturated carbocycles. The average Bonchev–Trinajstić information content (AvgIpc) is 3.05. The Bertz CT molecular complexity index is 1100. The SMILES string of the molecule is CCCCOc1nc(N)c2nc(Br)n(Cc3cccc(CP(=O)(OCC)OCC)c3)c2n1. The third-order valence-electron chi connectivity index (χ3n) is 4.64.